The Morgan fingerprint density at radius 1 is 0.875 bits per heavy atom. The molecule has 0 aliphatic rings. The number of thiazole rings is 2. The molecule has 0 spiro atoms. The SMILES string of the molecule is C.CC(=O)c1cc2sc(N(C)CCO)nc2s1.CC(=O)c1cc2sc(N(C)CCOC(C)C)nc2s1.CC(C)I. The number of nitrogens with zero attached hydrogens (tertiary/aromatic N) is 4. The van der Waals surface area contributed by atoms with Gasteiger partial charge in [-0.1, -0.05) is 66.5 Å². The summed E-state index contributed by atoms with van der Waals surface area (Å²) in [5.74, 6) is 0.191. The maximum absolute atomic E-state index is 11.3. The van der Waals surface area contributed by atoms with Gasteiger partial charge in [0.1, 0.15) is 9.66 Å². The van der Waals surface area contributed by atoms with Crippen LogP contribution >= 0.6 is 67.9 Å². The van der Waals surface area contributed by atoms with E-state index in [-0.39, 0.29) is 31.7 Å². The molecule has 0 aromatic carbocycles. The highest BCUT2D eigenvalue weighted by Crippen LogP contribution is 2.35. The van der Waals surface area contributed by atoms with Crippen molar-refractivity contribution in [3.05, 3.63) is 21.9 Å². The molecule has 0 unspecified atom stereocenters. The minimum absolute atomic E-state index is 0. The molecular weight excluding hydrogens is 699 g/mol. The zero-order chi connectivity index (χ0) is 29.3. The molecule has 0 aliphatic heterocycles. The van der Waals surface area contributed by atoms with Crippen molar-refractivity contribution >= 4 is 109 Å². The van der Waals surface area contributed by atoms with Crippen molar-refractivity contribution in [3.8, 4) is 0 Å². The summed E-state index contributed by atoms with van der Waals surface area (Å²) in [6.45, 7) is 13.7. The summed E-state index contributed by atoms with van der Waals surface area (Å²) in [4.78, 5) is 38.9. The summed E-state index contributed by atoms with van der Waals surface area (Å²) >= 11 is 8.40. The fourth-order valence-corrected chi connectivity index (χ4v) is 7.07. The first-order valence-electron chi connectivity index (χ1n) is 12.4. The Balaban J connectivity index is 0.000000349. The number of carbonyl (C=O) groups excluding carboxylic acids is 2. The van der Waals surface area contributed by atoms with E-state index in [0.29, 0.717) is 13.2 Å². The molecule has 0 aliphatic carbocycles. The number of carbonyl (C=O) groups is 2. The second kappa shape index (κ2) is 17.7. The molecule has 0 fully saturated rings. The number of ketones is 2. The van der Waals surface area contributed by atoms with E-state index in [0.717, 1.165) is 49.5 Å². The number of aliphatic hydroxyl groups excluding tert-OH is 1. The minimum atomic E-state index is 0. The number of fused-ring (bicyclic) bond motifs is 2. The van der Waals surface area contributed by atoms with E-state index in [1.54, 1.807) is 36.5 Å². The fourth-order valence-electron chi connectivity index (χ4n) is 2.89. The van der Waals surface area contributed by atoms with Gasteiger partial charge in [-0.25, -0.2) is 9.97 Å². The first-order chi connectivity index (χ1) is 18.3. The van der Waals surface area contributed by atoms with Crippen LogP contribution in [0.2, 0.25) is 0 Å². The van der Waals surface area contributed by atoms with Crippen LogP contribution in [-0.4, -0.2) is 77.1 Å². The first-order valence-corrected chi connectivity index (χ1v) is 16.9. The van der Waals surface area contributed by atoms with Gasteiger partial charge in [0.2, 0.25) is 0 Å². The number of likely N-dealkylation sites (N-methyl/N-ethyl adjacent to an activating group) is 2. The molecule has 0 radical (unpaired) electrons. The van der Waals surface area contributed by atoms with Gasteiger partial charge in [-0.2, -0.15) is 0 Å². The van der Waals surface area contributed by atoms with E-state index < -0.39 is 0 Å². The van der Waals surface area contributed by atoms with E-state index in [9.17, 15) is 9.59 Å². The zero-order valence-electron chi connectivity index (χ0n) is 23.6. The number of aromatic nitrogens is 2. The number of aliphatic hydroxyl groups is 1. The van der Waals surface area contributed by atoms with Gasteiger partial charge in [0, 0.05) is 31.1 Å². The number of hydrogen-bond donors (Lipinski definition) is 1. The van der Waals surface area contributed by atoms with Crippen LogP contribution in [0.15, 0.2) is 12.1 Å². The number of rotatable bonds is 10. The third-order valence-electron chi connectivity index (χ3n) is 4.82. The van der Waals surface area contributed by atoms with Gasteiger partial charge in [0.15, 0.2) is 21.8 Å². The second-order valence-electron chi connectivity index (χ2n) is 9.17. The molecule has 0 atom stereocenters. The molecule has 4 heterocycles. The Hall–Kier alpha value is -1.23. The van der Waals surface area contributed by atoms with Crippen LogP contribution in [0.1, 0.15) is 68.3 Å². The number of hydrogen-bond acceptors (Lipinski definition) is 12. The number of Topliss-reactive ketones (excluding diaryl/α,β-unsaturated/α-hetero) is 2. The van der Waals surface area contributed by atoms with Crippen molar-refractivity contribution in [1.82, 2.24) is 9.97 Å². The van der Waals surface area contributed by atoms with Crippen molar-refractivity contribution in [2.45, 2.75) is 59.0 Å². The van der Waals surface area contributed by atoms with Gasteiger partial charge in [0.05, 0.1) is 38.5 Å². The van der Waals surface area contributed by atoms with Crippen LogP contribution in [0.5, 0.6) is 0 Å². The van der Waals surface area contributed by atoms with Crippen molar-refractivity contribution in [3.63, 3.8) is 0 Å². The highest BCUT2D eigenvalue weighted by molar-refractivity contribution is 14.1. The lowest BCUT2D eigenvalue weighted by Crippen LogP contribution is -2.23. The number of anilines is 2. The van der Waals surface area contributed by atoms with Crippen molar-refractivity contribution in [2.24, 2.45) is 0 Å². The van der Waals surface area contributed by atoms with Crippen LogP contribution < -0.4 is 9.80 Å². The summed E-state index contributed by atoms with van der Waals surface area (Å²) in [6, 6.07) is 3.82. The van der Waals surface area contributed by atoms with Gasteiger partial charge in [-0.3, -0.25) is 9.59 Å². The lowest BCUT2D eigenvalue weighted by Gasteiger charge is -2.16. The molecule has 0 saturated carbocycles. The molecular formula is C27H41IN4O4S4. The Kier molecular flexibility index (Phi) is 16.2. The predicted molar refractivity (Wildman–Crippen MR) is 186 cm³/mol. The van der Waals surface area contributed by atoms with Gasteiger partial charge in [-0.05, 0) is 39.8 Å². The van der Waals surface area contributed by atoms with Crippen molar-refractivity contribution in [1.29, 1.82) is 0 Å². The molecule has 8 nitrogen and oxygen atoms in total. The van der Waals surface area contributed by atoms with Crippen LogP contribution in [0, 0.1) is 0 Å². The van der Waals surface area contributed by atoms with Crippen LogP contribution in [0.4, 0.5) is 10.3 Å². The number of ether oxygens (including phenoxy) is 1. The first kappa shape index (κ1) is 36.8. The average molecular weight is 741 g/mol. The monoisotopic (exact) mass is 740 g/mol. The van der Waals surface area contributed by atoms with E-state index in [2.05, 4.69) is 51.3 Å². The maximum atomic E-state index is 11.3. The number of thiophene rings is 2. The van der Waals surface area contributed by atoms with Crippen LogP contribution in [0.3, 0.4) is 0 Å². The molecule has 1 N–H and O–H groups in total. The molecule has 0 amide bonds. The van der Waals surface area contributed by atoms with Crippen molar-refractivity contribution in [2.75, 3.05) is 50.2 Å². The zero-order valence-corrected chi connectivity index (χ0v) is 29.0. The van der Waals surface area contributed by atoms with Crippen LogP contribution in [-0.2, 0) is 4.74 Å². The summed E-state index contributed by atoms with van der Waals surface area (Å²) in [5.41, 5.74) is 0. The molecule has 40 heavy (non-hydrogen) atoms. The van der Waals surface area contributed by atoms with Gasteiger partial charge in [-0.15, -0.1) is 22.7 Å². The van der Waals surface area contributed by atoms with E-state index >= 15 is 0 Å². The molecule has 13 heteroatoms. The third-order valence-corrected chi connectivity index (χ3v) is 9.57. The van der Waals surface area contributed by atoms with Gasteiger partial charge in [0.25, 0.3) is 0 Å². The molecule has 0 saturated heterocycles. The normalized spacial score (nSPS) is 10.7. The lowest BCUT2D eigenvalue weighted by atomic mass is 10.4. The minimum Gasteiger partial charge on any atom is -0.395 e. The average Bonchev–Trinajstić information content (AvgIpc) is 3.57. The molecule has 0 bridgehead atoms. The fraction of sp³-hybridized carbons (Fsp3) is 0.556. The van der Waals surface area contributed by atoms with Gasteiger partial charge >= 0.3 is 0 Å². The highest BCUT2D eigenvalue weighted by Gasteiger charge is 2.14. The number of alkyl halides is 1. The second-order valence-corrected chi connectivity index (χ2v) is 15.7. The van der Waals surface area contributed by atoms with Gasteiger partial charge < -0.3 is 19.6 Å². The predicted octanol–water partition coefficient (Wildman–Crippen LogP) is 7.88. The largest absolute Gasteiger partial charge is 0.395 e. The Morgan fingerprint density at radius 3 is 1.60 bits per heavy atom. The molecule has 4 aromatic heterocycles. The Morgan fingerprint density at radius 2 is 1.27 bits per heavy atom. The highest BCUT2D eigenvalue weighted by atomic mass is 127. The third kappa shape index (κ3) is 11.6. The van der Waals surface area contributed by atoms with Crippen molar-refractivity contribution < 1.29 is 19.4 Å². The molecule has 4 rings (SSSR count). The topological polar surface area (TPSA) is 95.9 Å². The van der Waals surface area contributed by atoms with E-state index in [4.69, 9.17) is 9.84 Å². The number of halogens is 1. The molecule has 224 valence electrons. The lowest BCUT2D eigenvalue weighted by molar-refractivity contribution is 0.0846. The summed E-state index contributed by atoms with van der Waals surface area (Å²) in [7, 11) is 3.91. The quantitative estimate of drug-likeness (QED) is 0.0998. The summed E-state index contributed by atoms with van der Waals surface area (Å²) in [6.07, 6.45) is 0.256. The summed E-state index contributed by atoms with van der Waals surface area (Å²) in [5, 5.41) is 10.7. The molecule has 4 aromatic rings. The van der Waals surface area contributed by atoms with E-state index in [1.165, 1.54) is 22.7 Å². The standard InChI is InChI=1S/C13H18N2O2S2.C10H12N2O2S2.C3H7I.CH4/c1-8(2)17-6-5-15(4)13-14-12-11(19-13)7-10(18-12)9(3)16;1-6(14)7-5-8-9(15-7)11-10(16-8)12(2)3-4-13;1-3(2)4;/h7-8H,5-6H2,1-4H3;5,13H,3-4H2,1-2H3;3H,1-2H3;1H4. The maximum Gasteiger partial charge on any atom is 0.187 e. The smallest absolute Gasteiger partial charge is 0.187 e. The van der Waals surface area contributed by atoms with Crippen LogP contribution in [0.25, 0.3) is 19.1 Å². The Labute approximate surface area is 267 Å². The Bertz CT molecular complexity index is 1280. The summed E-state index contributed by atoms with van der Waals surface area (Å²) < 4.78 is 8.46. The van der Waals surface area contributed by atoms with E-state index in [1.807, 2.05) is 45.0 Å².